The molecular formula is C16H17N2O3S2+. The molecule has 0 bridgehead atoms. The van der Waals surface area contributed by atoms with Crippen LogP contribution in [0.15, 0.2) is 29.6 Å². The number of phenols is 1. The molecule has 0 unspecified atom stereocenters. The summed E-state index contributed by atoms with van der Waals surface area (Å²) in [4.78, 5) is 16.7. The van der Waals surface area contributed by atoms with Crippen molar-refractivity contribution in [3.8, 4) is 5.75 Å². The summed E-state index contributed by atoms with van der Waals surface area (Å²) in [6.07, 6.45) is 4.89. The molecule has 1 heterocycles. The predicted octanol–water partition coefficient (Wildman–Crippen LogP) is 3.69. The van der Waals surface area contributed by atoms with Crippen LogP contribution in [-0.2, 0) is 20.6 Å². The fourth-order valence-electron chi connectivity index (χ4n) is 2.88. The lowest BCUT2D eigenvalue weighted by Crippen LogP contribution is -2.28. The standard InChI is InChI=1S/C16H16N2O3S2/c19-12-7-3-2-6-11(12)14(20)18-15-17-13(10-22-15)16(23-21)8-4-1-5-9-16/h2-3,6-7,10H,1,4-5,8-9H2,(H-,17,18,19,20)/p+1. The molecular weight excluding hydrogens is 332 g/mol. The smallest absolute Gasteiger partial charge is 0.472 e. The third-order valence-corrected chi connectivity index (χ3v) is 5.86. The molecule has 1 aliphatic carbocycles. The number of aromatic hydroxyl groups is 1. The maximum Gasteiger partial charge on any atom is 0.472 e. The van der Waals surface area contributed by atoms with Gasteiger partial charge < -0.3 is 5.11 Å². The van der Waals surface area contributed by atoms with E-state index in [1.54, 1.807) is 18.2 Å². The van der Waals surface area contributed by atoms with E-state index in [9.17, 15) is 14.1 Å². The van der Waals surface area contributed by atoms with Crippen molar-refractivity contribution >= 4 is 34.0 Å². The van der Waals surface area contributed by atoms with E-state index in [1.165, 1.54) is 17.4 Å². The number of anilines is 1. The number of rotatable bonds is 4. The van der Waals surface area contributed by atoms with Crippen molar-refractivity contribution < 1.29 is 14.1 Å². The van der Waals surface area contributed by atoms with Crippen LogP contribution >= 0.6 is 11.3 Å². The Kier molecular flexibility index (Phi) is 4.68. The van der Waals surface area contributed by atoms with Crippen molar-refractivity contribution in [3.63, 3.8) is 0 Å². The number of carbonyl (C=O) groups is 1. The largest absolute Gasteiger partial charge is 0.507 e. The summed E-state index contributed by atoms with van der Waals surface area (Å²) in [5, 5.41) is 14.7. The van der Waals surface area contributed by atoms with Gasteiger partial charge in [0.2, 0.25) is 0 Å². The van der Waals surface area contributed by atoms with E-state index in [0.717, 1.165) is 37.8 Å². The topological polar surface area (TPSA) is 79.3 Å². The van der Waals surface area contributed by atoms with Gasteiger partial charge in [-0.2, -0.15) is 0 Å². The molecule has 0 atom stereocenters. The highest BCUT2D eigenvalue weighted by atomic mass is 32.1. The minimum Gasteiger partial charge on any atom is -0.507 e. The van der Waals surface area contributed by atoms with Gasteiger partial charge in [-0.05, 0) is 25.0 Å². The number of carbonyl (C=O) groups excluding carboxylic acids is 1. The molecule has 3 rings (SSSR count). The van der Waals surface area contributed by atoms with Crippen LogP contribution in [0.1, 0.15) is 48.2 Å². The first kappa shape index (κ1) is 16.0. The van der Waals surface area contributed by atoms with Crippen molar-refractivity contribution in [1.29, 1.82) is 0 Å². The van der Waals surface area contributed by atoms with Crippen LogP contribution in [0.5, 0.6) is 5.75 Å². The first-order chi connectivity index (χ1) is 11.1. The molecule has 23 heavy (non-hydrogen) atoms. The molecule has 1 aromatic heterocycles. The molecule has 1 aromatic carbocycles. The van der Waals surface area contributed by atoms with E-state index < -0.39 is 10.7 Å². The quantitative estimate of drug-likeness (QED) is 0.825. The Morgan fingerprint density at radius 1 is 1.26 bits per heavy atom. The SMILES string of the molecule is O=[S+]C1(c2csc(NC(=O)c3ccccc3O)n2)CCCCC1. The number of para-hydroxylation sites is 1. The van der Waals surface area contributed by atoms with Crippen molar-refractivity contribution in [2.45, 2.75) is 36.9 Å². The fraction of sp³-hybridized carbons (Fsp3) is 0.375. The van der Waals surface area contributed by atoms with Crippen LogP contribution < -0.4 is 5.32 Å². The second-order valence-corrected chi connectivity index (χ2v) is 7.45. The highest BCUT2D eigenvalue weighted by Crippen LogP contribution is 2.40. The molecule has 2 N–H and O–H groups in total. The van der Waals surface area contributed by atoms with Crippen molar-refractivity contribution in [2.75, 3.05) is 5.32 Å². The molecule has 1 saturated carbocycles. The van der Waals surface area contributed by atoms with Crippen molar-refractivity contribution in [2.24, 2.45) is 0 Å². The number of amides is 1. The van der Waals surface area contributed by atoms with E-state index in [4.69, 9.17) is 0 Å². The van der Waals surface area contributed by atoms with Crippen LogP contribution in [0.3, 0.4) is 0 Å². The van der Waals surface area contributed by atoms with Crippen molar-refractivity contribution in [1.82, 2.24) is 4.98 Å². The molecule has 0 saturated heterocycles. The van der Waals surface area contributed by atoms with Gasteiger partial charge in [-0.3, -0.25) is 10.1 Å². The van der Waals surface area contributed by atoms with Gasteiger partial charge >= 0.3 is 11.7 Å². The van der Waals surface area contributed by atoms with Gasteiger partial charge in [0.25, 0.3) is 10.7 Å². The van der Waals surface area contributed by atoms with E-state index in [2.05, 4.69) is 10.3 Å². The van der Waals surface area contributed by atoms with Gasteiger partial charge in [0.05, 0.1) is 5.56 Å². The number of nitrogens with one attached hydrogen (secondary N) is 1. The van der Waals surface area contributed by atoms with Crippen LogP contribution in [-0.4, -0.2) is 16.0 Å². The summed E-state index contributed by atoms with van der Waals surface area (Å²) in [5.41, 5.74) is 0.963. The first-order valence-corrected chi connectivity index (χ1v) is 9.13. The third-order valence-electron chi connectivity index (χ3n) is 4.16. The maximum atomic E-state index is 12.2. The Bertz CT molecular complexity index is 724. The highest BCUT2D eigenvalue weighted by molar-refractivity contribution is 7.66. The molecule has 0 aliphatic heterocycles. The minimum atomic E-state index is -0.466. The van der Waals surface area contributed by atoms with Crippen LogP contribution in [0.2, 0.25) is 0 Å². The van der Waals surface area contributed by atoms with Gasteiger partial charge in [-0.15, -0.1) is 11.3 Å². The van der Waals surface area contributed by atoms with E-state index in [-0.39, 0.29) is 11.3 Å². The number of aromatic nitrogens is 1. The summed E-state index contributed by atoms with van der Waals surface area (Å²) in [6.45, 7) is 0. The molecule has 1 aliphatic rings. The van der Waals surface area contributed by atoms with Gasteiger partial charge in [-0.1, -0.05) is 18.6 Å². The van der Waals surface area contributed by atoms with Gasteiger partial charge in [0.1, 0.15) is 11.4 Å². The summed E-state index contributed by atoms with van der Waals surface area (Å²) < 4.78 is 11.2. The zero-order valence-corrected chi connectivity index (χ0v) is 14.1. The molecule has 1 amide bonds. The lowest BCUT2D eigenvalue weighted by atomic mass is 9.86. The number of benzene rings is 1. The van der Waals surface area contributed by atoms with Gasteiger partial charge in [0.15, 0.2) is 5.13 Å². The van der Waals surface area contributed by atoms with E-state index in [1.807, 2.05) is 5.38 Å². The number of phenolic OH excluding ortho intramolecular Hbond substituents is 1. The van der Waals surface area contributed by atoms with Gasteiger partial charge in [0, 0.05) is 22.4 Å². The molecule has 0 radical (unpaired) electrons. The Hall–Kier alpha value is -1.86. The van der Waals surface area contributed by atoms with E-state index >= 15 is 0 Å². The van der Waals surface area contributed by atoms with Crippen LogP contribution in [0.25, 0.3) is 0 Å². The fourth-order valence-corrected chi connectivity index (χ4v) is 4.40. The average molecular weight is 349 g/mol. The molecule has 1 fully saturated rings. The molecule has 7 heteroatoms. The summed E-state index contributed by atoms with van der Waals surface area (Å²) in [7, 11) is 0. The Morgan fingerprint density at radius 2 is 2.00 bits per heavy atom. The lowest BCUT2D eigenvalue weighted by molar-refractivity contribution is 0.102. The summed E-state index contributed by atoms with van der Waals surface area (Å²) in [5.74, 6) is -0.475. The van der Waals surface area contributed by atoms with Gasteiger partial charge in [-0.25, -0.2) is 4.98 Å². The normalized spacial score (nSPS) is 16.7. The summed E-state index contributed by atoms with van der Waals surface area (Å²) in [6, 6.07) is 6.36. The zero-order valence-electron chi connectivity index (χ0n) is 12.4. The number of hydrogen-bond donors (Lipinski definition) is 2. The Labute approximate surface area is 142 Å². The monoisotopic (exact) mass is 349 g/mol. The minimum absolute atomic E-state index is 0.0688. The molecule has 0 spiro atoms. The molecule has 2 aromatic rings. The number of hydrogen-bond acceptors (Lipinski definition) is 5. The predicted molar refractivity (Wildman–Crippen MR) is 91.0 cm³/mol. The second-order valence-electron chi connectivity index (χ2n) is 5.65. The third kappa shape index (κ3) is 3.25. The average Bonchev–Trinajstić information content (AvgIpc) is 3.05. The summed E-state index contributed by atoms with van der Waals surface area (Å²) >= 11 is 1.93. The van der Waals surface area contributed by atoms with Crippen LogP contribution in [0, 0.1) is 0 Å². The van der Waals surface area contributed by atoms with Crippen LogP contribution in [0.4, 0.5) is 5.13 Å². The molecule has 120 valence electrons. The second kappa shape index (κ2) is 6.72. The Morgan fingerprint density at radius 3 is 2.70 bits per heavy atom. The number of thiazole rings is 1. The molecule has 5 nitrogen and oxygen atoms in total. The maximum absolute atomic E-state index is 12.2. The van der Waals surface area contributed by atoms with E-state index in [0.29, 0.717) is 16.8 Å². The Balaban J connectivity index is 1.78. The first-order valence-electron chi connectivity index (χ1n) is 7.51. The number of nitrogens with zero attached hydrogens (tertiary/aromatic N) is 1. The highest BCUT2D eigenvalue weighted by Gasteiger charge is 2.49. The lowest BCUT2D eigenvalue weighted by Gasteiger charge is -2.19. The zero-order chi connectivity index (χ0) is 16.3. The van der Waals surface area contributed by atoms with Crippen molar-refractivity contribution in [3.05, 3.63) is 40.9 Å².